The van der Waals surface area contributed by atoms with Gasteiger partial charge in [0, 0.05) is 46.0 Å². The van der Waals surface area contributed by atoms with Gasteiger partial charge >= 0.3 is 5.97 Å². The number of aromatic nitrogens is 3. The van der Waals surface area contributed by atoms with Crippen molar-refractivity contribution in [2.75, 3.05) is 5.32 Å². The van der Waals surface area contributed by atoms with E-state index in [9.17, 15) is 14.7 Å². The number of rotatable bonds is 5. The summed E-state index contributed by atoms with van der Waals surface area (Å²) in [5, 5.41) is 14.4. The second-order valence-corrected chi connectivity index (χ2v) is 9.19. The summed E-state index contributed by atoms with van der Waals surface area (Å²) in [6.45, 7) is 0. The van der Waals surface area contributed by atoms with Gasteiger partial charge in [-0.05, 0) is 55.3 Å². The lowest BCUT2D eigenvalue weighted by molar-refractivity contribution is 0.0696. The highest BCUT2D eigenvalue weighted by atomic mass is 16.4. The molecular formula is C29H24N4O3. The molecule has 1 aliphatic rings. The minimum Gasteiger partial charge on any atom is -0.478 e. The van der Waals surface area contributed by atoms with Gasteiger partial charge in [0.1, 0.15) is 5.82 Å². The number of aromatic carboxylic acids is 1. The highest BCUT2D eigenvalue weighted by Crippen LogP contribution is 2.37. The molecule has 1 saturated carbocycles. The molecule has 36 heavy (non-hydrogen) atoms. The van der Waals surface area contributed by atoms with Gasteiger partial charge in [-0.2, -0.15) is 0 Å². The van der Waals surface area contributed by atoms with Crippen LogP contribution in [0.3, 0.4) is 0 Å². The standard InChI is InChI=1S/C29H24N4O3/c34-28(32-24-10-4-7-21-17-30-14-13-23(21)24)19-6-3-5-18(15-19)27-31-25-16-20(29(35)36)11-12-26(25)33(27)22-8-1-2-9-22/h3-7,10-17,22H,1-2,8-9H2,(H,32,34)(H,35,36). The van der Waals surface area contributed by atoms with E-state index in [0.29, 0.717) is 17.1 Å². The lowest BCUT2D eigenvalue weighted by Crippen LogP contribution is -2.12. The number of carbonyl (C=O) groups excluding carboxylic acids is 1. The van der Waals surface area contributed by atoms with E-state index in [1.54, 1.807) is 30.6 Å². The van der Waals surface area contributed by atoms with Gasteiger partial charge in [-0.1, -0.05) is 37.1 Å². The molecule has 2 N–H and O–H groups in total. The van der Waals surface area contributed by atoms with Crippen molar-refractivity contribution < 1.29 is 14.7 Å². The van der Waals surface area contributed by atoms with Gasteiger partial charge in [-0.15, -0.1) is 0 Å². The van der Waals surface area contributed by atoms with Crippen LogP contribution in [0.2, 0.25) is 0 Å². The number of imidazole rings is 1. The molecule has 2 aromatic heterocycles. The Bertz CT molecular complexity index is 1630. The van der Waals surface area contributed by atoms with E-state index in [0.717, 1.165) is 59.0 Å². The number of carboxylic acids is 1. The maximum absolute atomic E-state index is 13.3. The zero-order valence-electron chi connectivity index (χ0n) is 19.5. The average molecular weight is 477 g/mol. The number of benzene rings is 3. The zero-order chi connectivity index (χ0) is 24.6. The van der Waals surface area contributed by atoms with Crippen molar-refractivity contribution in [3.63, 3.8) is 0 Å². The van der Waals surface area contributed by atoms with Crippen LogP contribution in [0.1, 0.15) is 52.4 Å². The first-order valence-corrected chi connectivity index (χ1v) is 12.1. The van der Waals surface area contributed by atoms with E-state index in [1.165, 1.54) is 0 Å². The van der Waals surface area contributed by atoms with Crippen LogP contribution in [0.15, 0.2) is 79.1 Å². The smallest absolute Gasteiger partial charge is 0.335 e. The van der Waals surface area contributed by atoms with Crippen LogP contribution in [-0.2, 0) is 0 Å². The number of hydrogen-bond acceptors (Lipinski definition) is 4. The van der Waals surface area contributed by atoms with Gasteiger partial charge in [-0.25, -0.2) is 9.78 Å². The Morgan fingerprint density at radius 1 is 0.944 bits per heavy atom. The number of anilines is 1. The molecule has 0 aliphatic heterocycles. The summed E-state index contributed by atoms with van der Waals surface area (Å²) in [5.74, 6) is -0.431. The van der Waals surface area contributed by atoms with E-state index in [-0.39, 0.29) is 11.5 Å². The van der Waals surface area contributed by atoms with Gasteiger partial charge in [0.15, 0.2) is 0 Å². The third-order valence-corrected chi connectivity index (χ3v) is 6.94. The third-order valence-electron chi connectivity index (χ3n) is 6.94. The second kappa shape index (κ2) is 8.92. The predicted molar refractivity (Wildman–Crippen MR) is 139 cm³/mol. The first kappa shape index (κ1) is 22.0. The number of carbonyl (C=O) groups is 2. The molecule has 1 aliphatic carbocycles. The molecule has 178 valence electrons. The molecule has 3 aromatic carbocycles. The van der Waals surface area contributed by atoms with Crippen LogP contribution in [0.25, 0.3) is 33.2 Å². The molecule has 0 unspecified atom stereocenters. The van der Waals surface area contributed by atoms with Crippen LogP contribution in [0.4, 0.5) is 5.69 Å². The monoisotopic (exact) mass is 476 g/mol. The van der Waals surface area contributed by atoms with Gasteiger partial charge in [0.25, 0.3) is 5.91 Å². The zero-order valence-corrected chi connectivity index (χ0v) is 19.5. The SMILES string of the molecule is O=C(O)c1ccc2c(c1)nc(-c1cccc(C(=O)Nc3cccc4cnccc34)c1)n2C1CCCC1. The van der Waals surface area contributed by atoms with E-state index in [1.807, 2.05) is 48.5 Å². The van der Waals surface area contributed by atoms with E-state index >= 15 is 0 Å². The molecule has 1 amide bonds. The average Bonchev–Trinajstić information content (AvgIpc) is 3.56. The van der Waals surface area contributed by atoms with Gasteiger partial charge in [-0.3, -0.25) is 9.78 Å². The maximum Gasteiger partial charge on any atom is 0.335 e. The van der Waals surface area contributed by atoms with Crippen molar-refractivity contribution in [1.82, 2.24) is 14.5 Å². The summed E-state index contributed by atoms with van der Waals surface area (Å²) in [6, 6.07) is 20.5. The quantitative estimate of drug-likeness (QED) is 0.309. The Morgan fingerprint density at radius 2 is 1.78 bits per heavy atom. The number of nitrogens with zero attached hydrogens (tertiary/aromatic N) is 3. The molecule has 6 rings (SSSR count). The summed E-state index contributed by atoms with van der Waals surface area (Å²) in [6.07, 6.45) is 7.89. The van der Waals surface area contributed by atoms with Crippen molar-refractivity contribution >= 4 is 39.4 Å². The summed E-state index contributed by atoms with van der Waals surface area (Å²) < 4.78 is 2.22. The number of pyridine rings is 1. The first-order valence-electron chi connectivity index (χ1n) is 12.1. The predicted octanol–water partition coefficient (Wildman–Crippen LogP) is 6.32. The van der Waals surface area contributed by atoms with Gasteiger partial charge in [0.2, 0.25) is 0 Å². The van der Waals surface area contributed by atoms with Crippen LogP contribution in [0, 0.1) is 0 Å². The molecule has 0 saturated heterocycles. The van der Waals surface area contributed by atoms with Crippen LogP contribution >= 0.6 is 0 Å². The Labute approximate surface area is 207 Å². The second-order valence-electron chi connectivity index (χ2n) is 9.19. The summed E-state index contributed by atoms with van der Waals surface area (Å²) in [7, 11) is 0. The highest BCUT2D eigenvalue weighted by Gasteiger charge is 2.24. The van der Waals surface area contributed by atoms with Crippen molar-refractivity contribution in [2.45, 2.75) is 31.7 Å². The fourth-order valence-corrected chi connectivity index (χ4v) is 5.19. The van der Waals surface area contributed by atoms with Crippen LogP contribution in [0.5, 0.6) is 0 Å². The van der Waals surface area contributed by atoms with Crippen molar-refractivity contribution in [1.29, 1.82) is 0 Å². The molecule has 0 bridgehead atoms. The number of amides is 1. The minimum atomic E-state index is -0.975. The highest BCUT2D eigenvalue weighted by molar-refractivity contribution is 6.09. The third kappa shape index (κ3) is 3.88. The number of hydrogen-bond donors (Lipinski definition) is 2. The van der Waals surface area contributed by atoms with Crippen LogP contribution < -0.4 is 5.32 Å². The van der Waals surface area contributed by atoms with Crippen molar-refractivity contribution in [3.8, 4) is 11.4 Å². The number of carboxylic acid groups (broad SMARTS) is 1. The largest absolute Gasteiger partial charge is 0.478 e. The lowest BCUT2D eigenvalue weighted by atomic mass is 10.1. The number of fused-ring (bicyclic) bond motifs is 2. The topological polar surface area (TPSA) is 97.1 Å². The molecule has 0 spiro atoms. The van der Waals surface area contributed by atoms with E-state index < -0.39 is 5.97 Å². The summed E-state index contributed by atoms with van der Waals surface area (Å²) >= 11 is 0. The van der Waals surface area contributed by atoms with Crippen LogP contribution in [-0.4, -0.2) is 31.5 Å². The maximum atomic E-state index is 13.3. The summed E-state index contributed by atoms with van der Waals surface area (Å²) in [5.41, 5.74) is 3.85. The van der Waals surface area contributed by atoms with E-state index in [2.05, 4.69) is 14.9 Å². The molecule has 7 heteroatoms. The Kier molecular flexibility index (Phi) is 5.45. The van der Waals surface area contributed by atoms with Crippen molar-refractivity contribution in [3.05, 3.63) is 90.3 Å². The van der Waals surface area contributed by atoms with E-state index in [4.69, 9.17) is 4.98 Å². The Balaban J connectivity index is 1.40. The lowest BCUT2D eigenvalue weighted by Gasteiger charge is -2.17. The Hall–Kier alpha value is -4.52. The number of nitrogens with one attached hydrogen (secondary N) is 1. The molecule has 7 nitrogen and oxygen atoms in total. The molecule has 5 aromatic rings. The molecule has 1 fully saturated rings. The minimum absolute atomic E-state index is 0.210. The fourth-order valence-electron chi connectivity index (χ4n) is 5.19. The summed E-state index contributed by atoms with van der Waals surface area (Å²) in [4.78, 5) is 33.8. The normalized spacial score (nSPS) is 13.9. The van der Waals surface area contributed by atoms with Crippen molar-refractivity contribution in [2.24, 2.45) is 0 Å². The first-order chi connectivity index (χ1) is 17.6. The molecule has 2 heterocycles. The fraction of sp³-hybridized carbons (Fsp3) is 0.172. The molecule has 0 radical (unpaired) electrons. The molecule has 0 atom stereocenters. The molecular weight excluding hydrogens is 452 g/mol. The Morgan fingerprint density at radius 3 is 2.61 bits per heavy atom. The van der Waals surface area contributed by atoms with Gasteiger partial charge < -0.3 is 15.0 Å². The van der Waals surface area contributed by atoms with Gasteiger partial charge in [0.05, 0.1) is 16.6 Å².